The Labute approximate surface area is 195 Å². The van der Waals surface area contributed by atoms with Crippen molar-refractivity contribution in [3.8, 4) is 11.1 Å². The molecule has 0 saturated carbocycles. The molecule has 0 heterocycles. The van der Waals surface area contributed by atoms with Crippen LogP contribution in [0.5, 0.6) is 0 Å². The van der Waals surface area contributed by atoms with Crippen molar-refractivity contribution in [2.75, 3.05) is 17.3 Å². The summed E-state index contributed by atoms with van der Waals surface area (Å²) in [4.78, 5) is 25.8. The number of carbonyl (C=O) groups excluding carboxylic acids is 2. The van der Waals surface area contributed by atoms with E-state index in [4.69, 9.17) is 0 Å². The van der Waals surface area contributed by atoms with Gasteiger partial charge in [-0.05, 0) is 87.3 Å². The van der Waals surface area contributed by atoms with E-state index < -0.39 is 6.04 Å². The van der Waals surface area contributed by atoms with Gasteiger partial charge in [0.15, 0.2) is 0 Å². The summed E-state index contributed by atoms with van der Waals surface area (Å²) in [5.41, 5.74) is 6.25. The van der Waals surface area contributed by atoms with Crippen molar-refractivity contribution in [3.05, 3.63) is 87.9 Å². The Morgan fingerprint density at radius 2 is 1.74 bits per heavy atom. The highest BCUT2D eigenvalue weighted by Crippen LogP contribution is 2.37. The molecule has 2 N–H and O–H groups in total. The van der Waals surface area contributed by atoms with E-state index in [1.54, 1.807) is 23.9 Å². The second kappa shape index (κ2) is 9.71. The van der Waals surface area contributed by atoms with Gasteiger partial charge in [-0.25, -0.2) is 0 Å². The van der Waals surface area contributed by atoms with Gasteiger partial charge in [0.05, 0.1) is 5.56 Å². The Hall–Kier alpha value is -2.57. The summed E-state index contributed by atoms with van der Waals surface area (Å²) >= 11 is 5.05. The van der Waals surface area contributed by atoms with Gasteiger partial charge in [-0.15, -0.1) is 0 Å². The van der Waals surface area contributed by atoms with Crippen LogP contribution in [0.2, 0.25) is 0 Å². The minimum absolute atomic E-state index is 0.204. The van der Waals surface area contributed by atoms with Gasteiger partial charge in [0.1, 0.15) is 6.04 Å². The maximum Gasteiger partial charge on any atom is 0.253 e. The van der Waals surface area contributed by atoms with Crippen LogP contribution >= 0.6 is 27.7 Å². The molecule has 0 bridgehead atoms. The number of hydrogen-bond acceptors (Lipinski definition) is 3. The summed E-state index contributed by atoms with van der Waals surface area (Å²) < 4.78 is 0.703. The first-order chi connectivity index (χ1) is 15.1. The predicted octanol–water partition coefficient (Wildman–Crippen LogP) is 5.51. The lowest BCUT2D eigenvalue weighted by Crippen LogP contribution is -2.44. The smallest absolute Gasteiger partial charge is 0.253 e. The van der Waals surface area contributed by atoms with Crippen LogP contribution in [0.15, 0.2) is 71.2 Å². The molecule has 1 aliphatic carbocycles. The fourth-order valence-corrected chi connectivity index (χ4v) is 4.77. The molecule has 0 saturated heterocycles. The Morgan fingerprint density at radius 3 is 2.55 bits per heavy atom. The standard InChI is InChI=1S/C25H23BrN2O2S/c1-31-13-12-23(28-24(29)21-8-4-5-9-22(21)26)25(30)27-18-10-11-20-17(15-18)14-16-6-2-3-7-19(16)20/h2-11,15,23H,12-14H2,1H3,(H,27,30)(H,28,29). The van der Waals surface area contributed by atoms with Crippen LogP contribution in [0, 0.1) is 0 Å². The summed E-state index contributed by atoms with van der Waals surface area (Å²) in [6.45, 7) is 0. The van der Waals surface area contributed by atoms with Crippen molar-refractivity contribution < 1.29 is 9.59 Å². The van der Waals surface area contributed by atoms with Crippen LogP contribution < -0.4 is 10.6 Å². The Kier molecular flexibility index (Phi) is 6.78. The number of amides is 2. The van der Waals surface area contributed by atoms with Crippen LogP contribution in [-0.4, -0.2) is 29.9 Å². The number of halogens is 1. The van der Waals surface area contributed by atoms with Gasteiger partial charge < -0.3 is 10.6 Å². The average molecular weight is 495 g/mol. The molecule has 3 aromatic carbocycles. The zero-order valence-corrected chi connectivity index (χ0v) is 19.6. The third-order valence-electron chi connectivity index (χ3n) is 5.41. The number of rotatable bonds is 7. The highest BCUT2D eigenvalue weighted by molar-refractivity contribution is 9.10. The van der Waals surface area contributed by atoms with Crippen LogP contribution in [0.1, 0.15) is 27.9 Å². The first-order valence-electron chi connectivity index (χ1n) is 10.1. The molecule has 4 rings (SSSR count). The van der Waals surface area contributed by atoms with Gasteiger partial charge in [-0.3, -0.25) is 9.59 Å². The second-order valence-corrected chi connectivity index (χ2v) is 9.32. The molecule has 158 valence electrons. The third kappa shape index (κ3) is 4.86. The van der Waals surface area contributed by atoms with E-state index in [-0.39, 0.29) is 11.8 Å². The van der Waals surface area contributed by atoms with E-state index in [0.29, 0.717) is 16.5 Å². The van der Waals surface area contributed by atoms with E-state index in [9.17, 15) is 9.59 Å². The van der Waals surface area contributed by atoms with E-state index in [1.807, 2.05) is 36.6 Å². The highest BCUT2D eigenvalue weighted by Gasteiger charge is 2.23. The summed E-state index contributed by atoms with van der Waals surface area (Å²) in [6, 6.07) is 21.0. The minimum atomic E-state index is -0.613. The van der Waals surface area contributed by atoms with E-state index in [1.165, 1.54) is 22.3 Å². The van der Waals surface area contributed by atoms with Crippen LogP contribution in [0.4, 0.5) is 5.69 Å². The average Bonchev–Trinajstić information content (AvgIpc) is 3.14. The molecule has 31 heavy (non-hydrogen) atoms. The zero-order valence-electron chi connectivity index (χ0n) is 17.2. The SMILES string of the molecule is CSCCC(NC(=O)c1ccccc1Br)C(=O)Nc1ccc2c(c1)Cc1ccccc1-2. The number of hydrogen-bond donors (Lipinski definition) is 2. The number of nitrogens with one attached hydrogen (secondary N) is 2. The molecule has 0 spiro atoms. The van der Waals surface area contributed by atoms with Crippen molar-refractivity contribution in [2.24, 2.45) is 0 Å². The lowest BCUT2D eigenvalue weighted by atomic mass is 10.1. The first-order valence-corrected chi connectivity index (χ1v) is 12.3. The van der Waals surface area contributed by atoms with Crippen LogP contribution in [-0.2, 0) is 11.2 Å². The zero-order chi connectivity index (χ0) is 21.8. The van der Waals surface area contributed by atoms with Gasteiger partial charge in [-0.1, -0.05) is 42.5 Å². The molecule has 4 nitrogen and oxygen atoms in total. The fourth-order valence-electron chi connectivity index (χ4n) is 3.84. The Bertz CT molecular complexity index is 1130. The normalized spacial score (nSPS) is 12.6. The van der Waals surface area contributed by atoms with Crippen molar-refractivity contribution in [1.29, 1.82) is 0 Å². The van der Waals surface area contributed by atoms with Crippen LogP contribution in [0.25, 0.3) is 11.1 Å². The number of benzene rings is 3. The molecule has 0 aromatic heterocycles. The third-order valence-corrected chi connectivity index (χ3v) is 6.75. The molecule has 0 radical (unpaired) electrons. The van der Waals surface area contributed by atoms with Gasteiger partial charge in [0.2, 0.25) is 5.91 Å². The lowest BCUT2D eigenvalue weighted by molar-refractivity contribution is -0.118. The first kappa shape index (κ1) is 21.7. The quantitative estimate of drug-likeness (QED) is 0.356. The van der Waals surface area contributed by atoms with Gasteiger partial charge in [0, 0.05) is 10.2 Å². The predicted molar refractivity (Wildman–Crippen MR) is 132 cm³/mol. The molecule has 2 amide bonds. The summed E-state index contributed by atoms with van der Waals surface area (Å²) in [7, 11) is 0. The number of carbonyl (C=O) groups is 2. The van der Waals surface area contributed by atoms with Crippen molar-refractivity contribution in [2.45, 2.75) is 18.9 Å². The number of thioether (sulfide) groups is 1. The Balaban J connectivity index is 1.49. The largest absolute Gasteiger partial charge is 0.340 e. The summed E-state index contributed by atoms with van der Waals surface area (Å²) in [5.74, 6) is 0.302. The van der Waals surface area contributed by atoms with Crippen molar-refractivity contribution in [1.82, 2.24) is 5.32 Å². The minimum Gasteiger partial charge on any atom is -0.340 e. The highest BCUT2D eigenvalue weighted by atomic mass is 79.9. The maximum absolute atomic E-state index is 13.0. The topological polar surface area (TPSA) is 58.2 Å². The number of fused-ring (bicyclic) bond motifs is 3. The molecule has 0 fully saturated rings. The number of anilines is 1. The van der Waals surface area contributed by atoms with E-state index in [2.05, 4.69) is 50.8 Å². The van der Waals surface area contributed by atoms with Crippen molar-refractivity contribution >= 4 is 45.2 Å². The maximum atomic E-state index is 13.0. The van der Waals surface area contributed by atoms with Crippen LogP contribution in [0.3, 0.4) is 0 Å². The van der Waals surface area contributed by atoms with E-state index >= 15 is 0 Å². The molecule has 1 atom stereocenters. The molecule has 0 aliphatic heterocycles. The van der Waals surface area contributed by atoms with Gasteiger partial charge >= 0.3 is 0 Å². The van der Waals surface area contributed by atoms with Gasteiger partial charge in [0.25, 0.3) is 5.91 Å². The van der Waals surface area contributed by atoms with Gasteiger partial charge in [-0.2, -0.15) is 11.8 Å². The second-order valence-electron chi connectivity index (χ2n) is 7.48. The Morgan fingerprint density at radius 1 is 1.00 bits per heavy atom. The molecular weight excluding hydrogens is 472 g/mol. The molecule has 1 aliphatic rings. The molecule has 3 aromatic rings. The summed E-state index contributed by atoms with van der Waals surface area (Å²) in [6.07, 6.45) is 3.41. The summed E-state index contributed by atoms with van der Waals surface area (Å²) in [5, 5.41) is 5.91. The lowest BCUT2D eigenvalue weighted by Gasteiger charge is -2.19. The molecule has 6 heteroatoms. The van der Waals surface area contributed by atoms with Crippen molar-refractivity contribution in [3.63, 3.8) is 0 Å². The monoisotopic (exact) mass is 494 g/mol. The molecular formula is C25H23BrN2O2S. The molecule has 1 unspecified atom stereocenters. The fraction of sp³-hybridized carbons (Fsp3) is 0.200. The van der Waals surface area contributed by atoms with E-state index in [0.717, 1.165) is 17.9 Å².